The van der Waals surface area contributed by atoms with Crippen LogP contribution in [0.15, 0.2) is 41.1 Å². The number of aryl methyl sites for hydroxylation is 1. The molecule has 1 aromatic carbocycles. The molecule has 6 bridgehead atoms. The van der Waals surface area contributed by atoms with E-state index in [4.69, 9.17) is 24.0 Å². The maximum absolute atomic E-state index is 16.7. The minimum Gasteiger partial charge on any atom is -0.464 e. The van der Waals surface area contributed by atoms with Crippen molar-refractivity contribution in [3.63, 3.8) is 0 Å². The van der Waals surface area contributed by atoms with Gasteiger partial charge in [0.1, 0.15) is 18.1 Å². The average molecular weight is 995 g/mol. The predicted molar refractivity (Wildman–Crippen MR) is 268 cm³/mol. The predicted octanol–water partition coefficient (Wildman–Crippen LogP) is 5.29. The Kier molecular flexibility index (Phi) is 16.0. The van der Waals surface area contributed by atoms with Crippen molar-refractivity contribution in [2.24, 2.45) is 11.3 Å². The van der Waals surface area contributed by atoms with Crippen LogP contribution in [0.2, 0.25) is 0 Å². The van der Waals surface area contributed by atoms with E-state index in [0.29, 0.717) is 31.4 Å². The van der Waals surface area contributed by atoms with Crippen LogP contribution < -0.4 is 10.7 Å². The van der Waals surface area contributed by atoms with Gasteiger partial charge in [-0.1, -0.05) is 38.8 Å². The Morgan fingerprint density at radius 2 is 1.81 bits per heavy atom. The first-order chi connectivity index (χ1) is 34.0. The molecule has 1 unspecified atom stereocenters. The Balaban J connectivity index is 1.20. The molecule has 6 heterocycles. The number of halogens is 1. The number of amides is 4. The molecule has 3 aliphatic heterocycles. The second kappa shape index (κ2) is 21.5. The lowest BCUT2D eigenvalue weighted by Gasteiger charge is -2.40. The summed E-state index contributed by atoms with van der Waals surface area (Å²) in [5, 5.41) is 9.44. The van der Waals surface area contributed by atoms with Crippen molar-refractivity contribution < 1.29 is 42.4 Å². The maximum Gasteiger partial charge on any atom is 0.324 e. The molecule has 3 aliphatic rings. The summed E-state index contributed by atoms with van der Waals surface area (Å²) in [5.74, 6) is 2.22. The lowest BCUT2D eigenvalue weighted by Crippen LogP contribution is -2.63. The molecule has 2 fully saturated rings. The quantitative estimate of drug-likeness (QED) is 0.154. The van der Waals surface area contributed by atoms with Gasteiger partial charge in [-0.25, -0.2) is 9.82 Å². The van der Waals surface area contributed by atoms with Gasteiger partial charge in [0, 0.05) is 86.8 Å². The Bertz CT molecular complexity index is 2750. The minimum absolute atomic E-state index is 0.0373. The Morgan fingerprint density at radius 3 is 2.47 bits per heavy atom. The molecule has 2 saturated heterocycles. The molecule has 72 heavy (non-hydrogen) atoms. The van der Waals surface area contributed by atoms with E-state index in [9.17, 15) is 24.0 Å². The number of ether oxygens (including phenoxy) is 2. The van der Waals surface area contributed by atoms with E-state index >= 15 is 4.39 Å². The zero-order valence-corrected chi connectivity index (χ0v) is 43.9. The van der Waals surface area contributed by atoms with Crippen LogP contribution in [0.5, 0.6) is 0 Å². The van der Waals surface area contributed by atoms with Gasteiger partial charge in [0.25, 0.3) is 17.7 Å². The minimum atomic E-state index is -2.36. The number of cyclic esters (lactones) is 1. The fourth-order valence-corrected chi connectivity index (χ4v) is 9.76. The number of hydrogen-bond acceptors (Lipinski definition) is 13. The highest BCUT2D eigenvalue weighted by atomic mass is 19.1. The smallest absolute Gasteiger partial charge is 0.324 e. The summed E-state index contributed by atoms with van der Waals surface area (Å²) in [6.07, 6.45) is 2.00. The van der Waals surface area contributed by atoms with Crippen LogP contribution >= 0.6 is 0 Å². The third-order valence-corrected chi connectivity index (χ3v) is 14.5. The van der Waals surface area contributed by atoms with Gasteiger partial charge in [-0.3, -0.25) is 38.9 Å². The van der Waals surface area contributed by atoms with Crippen LogP contribution in [0.25, 0.3) is 33.5 Å². The van der Waals surface area contributed by atoms with Crippen LogP contribution in [0.4, 0.5) is 4.39 Å². The number of hydrazine groups is 1. The number of likely N-dealkylation sites (N-methyl/N-ethyl adjacent to an activating group) is 1. The SMILES string of the molecule is CCn1c(-c2cccnc2[C@H](C)OC)c2c3cc(ccc31)-c1noc(n1)CC(NC(=O)[C@H](C(C)C)N(C)C(=O)C1(F)CCN(C(=O)C#CC(C)(C)N(C)C)CC1)C(=O)N1CCC[C@H](N1)C(=O)OCC(C)(C)C2. The Hall–Kier alpha value is -6.23. The van der Waals surface area contributed by atoms with Crippen LogP contribution in [0.1, 0.15) is 104 Å². The average Bonchev–Trinajstić information content (AvgIpc) is 3.95. The molecular weight excluding hydrogens is 924 g/mol. The number of alkyl halides is 1. The number of methoxy groups -OCH3 is 1. The van der Waals surface area contributed by atoms with Crippen molar-refractivity contribution in [1.82, 2.24) is 50.1 Å². The number of nitrogens with one attached hydrogen (secondary N) is 2. The zero-order chi connectivity index (χ0) is 52.4. The molecule has 19 heteroatoms. The van der Waals surface area contributed by atoms with Gasteiger partial charge in [-0.05, 0) is 109 Å². The maximum atomic E-state index is 16.7. The summed E-state index contributed by atoms with van der Waals surface area (Å²) in [5.41, 5.74) is 4.85. The van der Waals surface area contributed by atoms with Gasteiger partial charge in [-0.15, -0.1) is 0 Å². The van der Waals surface area contributed by atoms with Crippen molar-refractivity contribution in [3.8, 4) is 34.5 Å². The number of pyridine rings is 1. The standard InChI is InChI=1S/C53H71FN10O8/c1-13-63-40-19-18-34-28-36(40)37(45(63)35-16-14-24-55-43(35)33(4)70-12)30-51(5,6)31-71-49(68)38-17-15-25-64(58-38)48(67)39(29-41-57-46(34)59-72-41)56-47(66)44(32(2)3)61(11)50(69)53(54)22-26-62(27-23-53)42(65)20-21-52(7,8)60(9)10/h14,16,18-19,24,28,32-33,38-39,44,58H,13,15,17,22-23,25-27,29-31H2,1-12H3,(H,56,66)/t33-,38-,39?,44-/m0/s1. The number of hydrogen-bond donors (Lipinski definition) is 2. The first-order valence-corrected chi connectivity index (χ1v) is 25.0. The Morgan fingerprint density at radius 1 is 1.08 bits per heavy atom. The molecule has 4 amide bonds. The summed E-state index contributed by atoms with van der Waals surface area (Å²) < 4.78 is 36.7. The molecular formula is C53H71FN10O8. The summed E-state index contributed by atoms with van der Waals surface area (Å²) in [6, 6.07) is 6.48. The van der Waals surface area contributed by atoms with Gasteiger partial charge in [-0.2, -0.15) is 4.98 Å². The van der Waals surface area contributed by atoms with Crippen molar-refractivity contribution in [2.75, 3.05) is 54.5 Å². The molecule has 0 spiro atoms. The fourth-order valence-electron chi connectivity index (χ4n) is 9.76. The van der Waals surface area contributed by atoms with E-state index in [2.05, 4.69) is 39.2 Å². The number of carbonyl (C=O) groups excluding carboxylic acids is 5. The van der Waals surface area contributed by atoms with Crippen LogP contribution in [-0.2, 0) is 52.8 Å². The summed E-state index contributed by atoms with van der Waals surface area (Å²) in [6.45, 7) is 16.2. The summed E-state index contributed by atoms with van der Waals surface area (Å²) in [4.78, 5) is 84.1. The first-order valence-electron chi connectivity index (χ1n) is 25.0. The van der Waals surface area contributed by atoms with E-state index < -0.39 is 70.3 Å². The number of rotatable bonds is 10. The topological polar surface area (TPSA) is 198 Å². The number of likely N-dealkylation sites (tertiary alicyclic amines) is 1. The molecule has 388 valence electrons. The highest BCUT2D eigenvalue weighted by Gasteiger charge is 2.47. The number of carbonyl (C=O) groups is 5. The van der Waals surface area contributed by atoms with Gasteiger partial charge in [0.2, 0.25) is 17.6 Å². The van der Waals surface area contributed by atoms with Gasteiger partial charge in [0.15, 0.2) is 5.67 Å². The van der Waals surface area contributed by atoms with Crippen molar-refractivity contribution >= 4 is 40.5 Å². The zero-order valence-electron chi connectivity index (χ0n) is 43.9. The number of piperidine rings is 1. The number of esters is 1. The highest BCUT2D eigenvalue weighted by Crippen LogP contribution is 2.42. The van der Waals surface area contributed by atoms with Crippen LogP contribution in [0, 0.1) is 23.2 Å². The molecule has 3 aromatic heterocycles. The third-order valence-electron chi connectivity index (χ3n) is 14.5. The van der Waals surface area contributed by atoms with Crippen molar-refractivity contribution in [1.29, 1.82) is 0 Å². The second-order valence-corrected chi connectivity index (χ2v) is 21.2. The Labute approximate surface area is 421 Å². The van der Waals surface area contributed by atoms with Crippen LogP contribution in [0.3, 0.4) is 0 Å². The monoisotopic (exact) mass is 995 g/mol. The number of fused-ring (bicyclic) bond motifs is 6. The first kappa shape index (κ1) is 53.6. The number of nitrogens with zero attached hydrogens (tertiary/aromatic N) is 8. The van der Waals surface area contributed by atoms with E-state index in [-0.39, 0.29) is 63.3 Å². The molecule has 7 rings (SSSR count). The van der Waals surface area contributed by atoms with Gasteiger partial charge < -0.3 is 33.7 Å². The number of aromatic nitrogens is 4. The molecule has 18 nitrogen and oxygen atoms in total. The third kappa shape index (κ3) is 11.2. The van der Waals surface area contributed by atoms with E-state index in [0.717, 1.165) is 38.3 Å². The molecule has 2 N–H and O–H groups in total. The molecule has 0 saturated carbocycles. The van der Waals surface area contributed by atoms with E-state index in [1.807, 2.05) is 83.9 Å². The molecule has 4 aromatic rings. The summed E-state index contributed by atoms with van der Waals surface area (Å²) in [7, 11) is 6.74. The van der Waals surface area contributed by atoms with Gasteiger partial charge in [0.05, 0.1) is 36.1 Å². The molecule has 0 aliphatic carbocycles. The lowest BCUT2D eigenvalue weighted by atomic mass is 9.84. The molecule has 0 radical (unpaired) electrons. The van der Waals surface area contributed by atoms with Crippen LogP contribution in [-0.4, -0.2) is 153 Å². The van der Waals surface area contributed by atoms with E-state index in [1.54, 1.807) is 27.2 Å². The number of benzene rings is 1. The largest absolute Gasteiger partial charge is 0.464 e. The summed E-state index contributed by atoms with van der Waals surface area (Å²) >= 11 is 0. The van der Waals surface area contributed by atoms with Crippen molar-refractivity contribution in [2.45, 2.75) is 136 Å². The molecule has 4 atom stereocenters. The highest BCUT2D eigenvalue weighted by molar-refractivity contribution is 5.97. The van der Waals surface area contributed by atoms with Crippen molar-refractivity contribution in [3.05, 3.63) is 53.7 Å². The van der Waals surface area contributed by atoms with E-state index in [1.165, 1.54) is 17.0 Å². The second-order valence-electron chi connectivity index (χ2n) is 21.2. The fraction of sp³-hybridized carbons (Fsp3) is 0.585. The van der Waals surface area contributed by atoms with Gasteiger partial charge >= 0.3 is 5.97 Å². The lowest BCUT2D eigenvalue weighted by molar-refractivity contribution is -0.156. The normalized spacial score (nSPS) is 20.3.